The molecule has 0 unspecified atom stereocenters. The molecule has 1 atom stereocenters. The molecule has 0 bridgehead atoms. The number of fused-ring (bicyclic) bond motifs is 1. The molecule has 1 fully saturated rings. The lowest BCUT2D eigenvalue weighted by Gasteiger charge is -2.36. The molecule has 1 heterocycles. The molecule has 0 spiro atoms. The fourth-order valence-corrected chi connectivity index (χ4v) is 3.78. The topological polar surface area (TPSA) is 38.8 Å². The van der Waals surface area contributed by atoms with E-state index in [1.54, 1.807) is 4.90 Å². The summed E-state index contributed by atoms with van der Waals surface area (Å²) < 4.78 is 11.3. The van der Waals surface area contributed by atoms with Crippen molar-refractivity contribution < 1.29 is 14.3 Å². The summed E-state index contributed by atoms with van der Waals surface area (Å²) in [5, 5.41) is 0. The summed E-state index contributed by atoms with van der Waals surface area (Å²) in [4.78, 5) is 14.2. The predicted octanol–water partition coefficient (Wildman–Crippen LogP) is 4.56. The van der Waals surface area contributed by atoms with Crippen LogP contribution in [0.5, 0.6) is 0 Å². The van der Waals surface area contributed by atoms with Gasteiger partial charge in [-0.15, -0.1) is 0 Å². The van der Waals surface area contributed by atoms with Crippen LogP contribution in [0.1, 0.15) is 57.6 Å². The molecule has 0 saturated carbocycles. The first-order chi connectivity index (χ1) is 11.3. The van der Waals surface area contributed by atoms with Crippen LogP contribution in [0.15, 0.2) is 30.3 Å². The van der Waals surface area contributed by atoms with E-state index in [0.29, 0.717) is 19.1 Å². The van der Waals surface area contributed by atoms with E-state index in [1.165, 1.54) is 11.1 Å². The van der Waals surface area contributed by atoms with Crippen LogP contribution < -0.4 is 0 Å². The maximum absolute atomic E-state index is 12.5. The predicted molar refractivity (Wildman–Crippen MR) is 94.7 cm³/mol. The van der Waals surface area contributed by atoms with Gasteiger partial charge in [0, 0.05) is 5.92 Å². The van der Waals surface area contributed by atoms with Gasteiger partial charge >= 0.3 is 6.09 Å². The summed E-state index contributed by atoms with van der Waals surface area (Å²) in [5.41, 5.74) is 1.72. The molecule has 3 rings (SSSR count). The third-order valence-corrected chi connectivity index (χ3v) is 4.89. The molecule has 1 aliphatic carbocycles. The van der Waals surface area contributed by atoms with Gasteiger partial charge in [-0.1, -0.05) is 36.4 Å². The Morgan fingerprint density at radius 2 is 2.04 bits per heavy atom. The highest BCUT2D eigenvalue weighted by Crippen LogP contribution is 2.35. The van der Waals surface area contributed by atoms with Crippen molar-refractivity contribution in [3.63, 3.8) is 0 Å². The Bertz CT molecular complexity index is 632. The number of nitrogens with zero attached hydrogens (tertiary/aromatic N) is 1. The molecule has 0 aromatic heterocycles. The van der Waals surface area contributed by atoms with Gasteiger partial charge in [-0.2, -0.15) is 0 Å². The van der Waals surface area contributed by atoms with E-state index in [1.807, 2.05) is 27.7 Å². The van der Waals surface area contributed by atoms with Crippen molar-refractivity contribution in [2.24, 2.45) is 0 Å². The SMILES string of the molecule is CC1(C)COC(C)(C)N1C(=O)OCCC[C@H]1C=Cc2ccccc21. The smallest absolute Gasteiger partial charge is 0.412 e. The van der Waals surface area contributed by atoms with E-state index in [2.05, 4.69) is 36.4 Å². The molecule has 1 saturated heterocycles. The third kappa shape index (κ3) is 3.20. The first kappa shape index (κ1) is 17.0. The van der Waals surface area contributed by atoms with Crippen molar-refractivity contribution in [2.75, 3.05) is 13.2 Å². The summed E-state index contributed by atoms with van der Waals surface area (Å²) in [6.07, 6.45) is 5.98. The molecule has 1 aliphatic heterocycles. The number of carbonyl (C=O) groups is 1. The minimum absolute atomic E-state index is 0.287. The lowest BCUT2D eigenvalue weighted by molar-refractivity contribution is -0.0519. The summed E-state index contributed by atoms with van der Waals surface area (Å²) in [7, 11) is 0. The van der Waals surface area contributed by atoms with Crippen LogP contribution in [-0.2, 0) is 9.47 Å². The van der Waals surface area contributed by atoms with Crippen molar-refractivity contribution in [3.8, 4) is 0 Å². The van der Waals surface area contributed by atoms with Crippen LogP contribution in [0.2, 0.25) is 0 Å². The number of hydrogen-bond acceptors (Lipinski definition) is 3. The van der Waals surface area contributed by atoms with Crippen molar-refractivity contribution in [3.05, 3.63) is 41.5 Å². The number of hydrogen-bond donors (Lipinski definition) is 0. The molecule has 1 aromatic carbocycles. The van der Waals surface area contributed by atoms with Crippen molar-refractivity contribution in [2.45, 2.75) is 57.7 Å². The molecule has 24 heavy (non-hydrogen) atoms. The van der Waals surface area contributed by atoms with Gasteiger partial charge in [-0.3, -0.25) is 4.90 Å². The van der Waals surface area contributed by atoms with E-state index < -0.39 is 5.72 Å². The van der Waals surface area contributed by atoms with Gasteiger partial charge in [0.25, 0.3) is 0 Å². The van der Waals surface area contributed by atoms with E-state index in [0.717, 1.165) is 12.8 Å². The van der Waals surface area contributed by atoms with E-state index >= 15 is 0 Å². The Balaban J connectivity index is 1.49. The fraction of sp³-hybridized carbons (Fsp3) is 0.550. The lowest BCUT2D eigenvalue weighted by Crippen LogP contribution is -2.52. The highest BCUT2D eigenvalue weighted by Gasteiger charge is 2.49. The number of benzene rings is 1. The maximum atomic E-state index is 12.5. The monoisotopic (exact) mass is 329 g/mol. The second kappa shape index (κ2) is 6.25. The zero-order chi connectivity index (χ0) is 17.4. The average Bonchev–Trinajstić information content (AvgIpc) is 3.02. The molecular weight excluding hydrogens is 302 g/mol. The Morgan fingerprint density at radius 1 is 1.29 bits per heavy atom. The summed E-state index contributed by atoms with van der Waals surface area (Å²) in [5.74, 6) is 0.433. The number of carbonyl (C=O) groups excluding carboxylic acids is 1. The molecule has 4 nitrogen and oxygen atoms in total. The third-order valence-electron chi connectivity index (χ3n) is 4.89. The Kier molecular flexibility index (Phi) is 4.43. The van der Waals surface area contributed by atoms with Crippen molar-refractivity contribution in [1.82, 2.24) is 4.90 Å². The number of ether oxygens (including phenoxy) is 2. The molecule has 2 aliphatic rings. The average molecular weight is 329 g/mol. The standard InChI is InChI=1S/C20H27NO3/c1-19(2)14-24-20(3,4)21(19)18(22)23-13-7-9-16-12-11-15-8-5-6-10-17(15)16/h5-6,8,10-12,16H,7,9,13-14H2,1-4H3/t16-/m0/s1. The zero-order valence-electron chi connectivity index (χ0n) is 15.0. The van der Waals surface area contributed by atoms with Crippen LogP contribution in [0, 0.1) is 0 Å². The Morgan fingerprint density at radius 3 is 2.75 bits per heavy atom. The lowest BCUT2D eigenvalue weighted by atomic mass is 9.96. The van der Waals surface area contributed by atoms with Crippen molar-refractivity contribution in [1.29, 1.82) is 0 Å². The Labute approximate surface area is 144 Å². The fourth-order valence-electron chi connectivity index (χ4n) is 3.78. The minimum Gasteiger partial charge on any atom is -0.449 e. The number of amides is 1. The highest BCUT2D eigenvalue weighted by atomic mass is 16.6. The summed E-state index contributed by atoms with van der Waals surface area (Å²) >= 11 is 0. The van der Waals surface area contributed by atoms with Gasteiger partial charge in [-0.25, -0.2) is 4.79 Å². The van der Waals surface area contributed by atoms with Gasteiger partial charge in [0.05, 0.1) is 18.8 Å². The van der Waals surface area contributed by atoms with Crippen molar-refractivity contribution >= 4 is 12.2 Å². The van der Waals surface area contributed by atoms with Crippen LogP contribution in [0.4, 0.5) is 4.79 Å². The molecule has 1 amide bonds. The van der Waals surface area contributed by atoms with Gasteiger partial charge in [0.15, 0.2) is 0 Å². The summed E-state index contributed by atoms with van der Waals surface area (Å²) in [6.45, 7) is 8.78. The van der Waals surface area contributed by atoms with E-state index in [-0.39, 0.29) is 11.6 Å². The van der Waals surface area contributed by atoms with Crippen LogP contribution in [0.25, 0.3) is 6.08 Å². The van der Waals surface area contributed by atoms with Crippen LogP contribution in [-0.4, -0.2) is 35.5 Å². The number of allylic oxidation sites excluding steroid dienone is 1. The molecule has 0 N–H and O–H groups in total. The van der Waals surface area contributed by atoms with Gasteiger partial charge in [0.2, 0.25) is 0 Å². The zero-order valence-corrected chi connectivity index (χ0v) is 15.0. The van der Waals surface area contributed by atoms with Gasteiger partial charge < -0.3 is 9.47 Å². The Hall–Kier alpha value is -1.81. The molecule has 130 valence electrons. The molecule has 1 aromatic rings. The van der Waals surface area contributed by atoms with Gasteiger partial charge in [-0.05, 0) is 51.7 Å². The van der Waals surface area contributed by atoms with E-state index in [4.69, 9.17) is 9.47 Å². The van der Waals surface area contributed by atoms with Gasteiger partial charge in [0.1, 0.15) is 5.72 Å². The van der Waals surface area contributed by atoms with Crippen LogP contribution in [0.3, 0.4) is 0 Å². The largest absolute Gasteiger partial charge is 0.449 e. The summed E-state index contributed by atoms with van der Waals surface area (Å²) in [6, 6.07) is 8.47. The first-order valence-corrected chi connectivity index (χ1v) is 8.69. The van der Waals surface area contributed by atoms with E-state index in [9.17, 15) is 4.79 Å². The first-order valence-electron chi connectivity index (χ1n) is 8.69. The maximum Gasteiger partial charge on any atom is 0.412 e. The number of rotatable bonds is 4. The highest BCUT2D eigenvalue weighted by molar-refractivity contribution is 5.70. The quantitative estimate of drug-likeness (QED) is 0.760. The molecule has 0 radical (unpaired) electrons. The second-order valence-electron chi connectivity index (χ2n) is 7.73. The molecular formula is C20H27NO3. The minimum atomic E-state index is -0.617. The van der Waals surface area contributed by atoms with Crippen LogP contribution >= 0.6 is 0 Å². The molecule has 4 heteroatoms. The second-order valence-corrected chi connectivity index (χ2v) is 7.73. The normalized spacial score (nSPS) is 23.3.